The molecule has 17 heavy (non-hydrogen) atoms. The molecule has 1 aromatic rings. The maximum absolute atomic E-state index is 12.3. The molecule has 6 heteroatoms. The van der Waals surface area contributed by atoms with Crippen molar-refractivity contribution in [2.45, 2.75) is 18.2 Å². The van der Waals surface area contributed by atoms with E-state index in [-0.39, 0.29) is 9.92 Å². The Morgan fingerprint density at radius 3 is 2.82 bits per heavy atom. The summed E-state index contributed by atoms with van der Waals surface area (Å²) in [6.45, 7) is 2.90. The molecule has 0 fully saturated rings. The standard InChI is InChI=1S/C11H13ClN2O2S/c1-9-3-6-14(7-4-9)17(15,16)11-8-13-5-2-10(11)12/h2-3,5,8H,4,6-7H2,1H3. The van der Waals surface area contributed by atoms with Crippen LogP contribution in [-0.2, 0) is 10.0 Å². The van der Waals surface area contributed by atoms with Crippen LogP contribution in [-0.4, -0.2) is 30.8 Å². The van der Waals surface area contributed by atoms with Gasteiger partial charge in [-0.05, 0) is 19.4 Å². The molecule has 0 radical (unpaired) electrons. The van der Waals surface area contributed by atoms with E-state index in [1.807, 2.05) is 13.0 Å². The van der Waals surface area contributed by atoms with Crippen LogP contribution in [0.15, 0.2) is 35.0 Å². The molecular weight excluding hydrogens is 260 g/mol. The zero-order valence-corrected chi connectivity index (χ0v) is 11.0. The predicted octanol–water partition coefficient (Wildman–Crippen LogP) is 2.08. The lowest BCUT2D eigenvalue weighted by Gasteiger charge is -2.24. The van der Waals surface area contributed by atoms with E-state index in [0.717, 1.165) is 6.42 Å². The molecule has 0 bridgehead atoms. The number of hydrogen-bond acceptors (Lipinski definition) is 3. The van der Waals surface area contributed by atoms with Gasteiger partial charge in [-0.3, -0.25) is 4.98 Å². The van der Waals surface area contributed by atoms with Crippen molar-refractivity contribution in [1.29, 1.82) is 0 Å². The predicted molar refractivity (Wildman–Crippen MR) is 66.4 cm³/mol. The zero-order chi connectivity index (χ0) is 12.5. The van der Waals surface area contributed by atoms with E-state index >= 15 is 0 Å². The van der Waals surface area contributed by atoms with Crippen LogP contribution in [0.5, 0.6) is 0 Å². The maximum atomic E-state index is 12.3. The van der Waals surface area contributed by atoms with Crippen molar-refractivity contribution in [2.24, 2.45) is 0 Å². The highest BCUT2D eigenvalue weighted by Gasteiger charge is 2.27. The molecule has 0 saturated heterocycles. The SMILES string of the molecule is CC1=CCN(S(=O)(=O)c2cnccc2Cl)CC1. The van der Waals surface area contributed by atoms with Crippen LogP contribution in [0.4, 0.5) is 0 Å². The van der Waals surface area contributed by atoms with Gasteiger partial charge in [-0.1, -0.05) is 23.3 Å². The molecule has 0 spiro atoms. The van der Waals surface area contributed by atoms with Gasteiger partial charge < -0.3 is 0 Å². The van der Waals surface area contributed by atoms with Crippen molar-refractivity contribution in [2.75, 3.05) is 13.1 Å². The zero-order valence-electron chi connectivity index (χ0n) is 9.43. The quantitative estimate of drug-likeness (QED) is 0.775. The molecule has 0 amide bonds. The van der Waals surface area contributed by atoms with Gasteiger partial charge in [0.05, 0.1) is 5.02 Å². The molecule has 0 unspecified atom stereocenters. The number of halogens is 1. The molecule has 1 aliphatic heterocycles. The highest BCUT2D eigenvalue weighted by atomic mass is 35.5. The lowest BCUT2D eigenvalue weighted by Crippen LogP contribution is -2.34. The topological polar surface area (TPSA) is 50.3 Å². The number of sulfonamides is 1. The number of nitrogens with zero attached hydrogens (tertiary/aromatic N) is 2. The van der Waals surface area contributed by atoms with Crippen LogP contribution in [0.1, 0.15) is 13.3 Å². The first-order valence-electron chi connectivity index (χ1n) is 5.27. The van der Waals surface area contributed by atoms with Gasteiger partial charge in [0.15, 0.2) is 0 Å². The molecule has 0 saturated carbocycles. The highest BCUT2D eigenvalue weighted by molar-refractivity contribution is 7.89. The fourth-order valence-electron chi connectivity index (χ4n) is 1.66. The van der Waals surface area contributed by atoms with Crippen molar-refractivity contribution in [3.63, 3.8) is 0 Å². The lowest BCUT2D eigenvalue weighted by molar-refractivity contribution is 0.431. The number of hydrogen-bond donors (Lipinski definition) is 0. The van der Waals surface area contributed by atoms with Crippen LogP contribution in [0.25, 0.3) is 0 Å². The second-order valence-corrected chi connectivity index (χ2v) is 6.28. The molecule has 2 rings (SSSR count). The van der Waals surface area contributed by atoms with Crippen molar-refractivity contribution >= 4 is 21.6 Å². The minimum Gasteiger partial charge on any atom is -0.263 e. The molecule has 1 aromatic heterocycles. The molecule has 2 heterocycles. The largest absolute Gasteiger partial charge is 0.263 e. The van der Waals surface area contributed by atoms with Gasteiger partial charge >= 0.3 is 0 Å². The van der Waals surface area contributed by atoms with Crippen LogP contribution in [0, 0.1) is 0 Å². The minimum absolute atomic E-state index is 0.0784. The molecule has 4 nitrogen and oxygen atoms in total. The van der Waals surface area contributed by atoms with Crippen LogP contribution >= 0.6 is 11.6 Å². The summed E-state index contributed by atoms with van der Waals surface area (Å²) in [4.78, 5) is 3.89. The van der Waals surface area contributed by atoms with Gasteiger partial charge in [-0.25, -0.2) is 8.42 Å². The third-order valence-electron chi connectivity index (χ3n) is 2.75. The fourth-order valence-corrected chi connectivity index (χ4v) is 3.45. The summed E-state index contributed by atoms with van der Waals surface area (Å²) in [6, 6.07) is 1.49. The van der Waals surface area contributed by atoms with E-state index in [2.05, 4.69) is 4.98 Å². The molecule has 92 valence electrons. The van der Waals surface area contributed by atoms with E-state index in [4.69, 9.17) is 11.6 Å². The van der Waals surface area contributed by atoms with E-state index < -0.39 is 10.0 Å². The maximum Gasteiger partial charge on any atom is 0.246 e. The third kappa shape index (κ3) is 2.51. The summed E-state index contributed by atoms with van der Waals surface area (Å²) in [7, 11) is -3.52. The first kappa shape index (κ1) is 12.5. The third-order valence-corrected chi connectivity index (χ3v) is 5.09. The molecular formula is C11H13ClN2O2S. The average molecular weight is 273 g/mol. The average Bonchev–Trinajstić information content (AvgIpc) is 2.30. The first-order valence-corrected chi connectivity index (χ1v) is 7.09. The number of rotatable bonds is 2. The van der Waals surface area contributed by atoms with Gasteiger partial charge in [-0.15, -0.1) is 0 Å². The molecule has 0 N–H and O–H groups in total. The van der Waals surface area contributed by atoms with E-state index in [9.17, 15) is 8.42 Å². The summed E-state index contributed by atoms with van der Waals surface area (Å²) in [6.07, 6.45) is 5.45. The van der Waals surface area contributed by atoms with Crippen LogP contribution in [0.2, 0.25) is 5.02 Å². The lowest BCUT2D eigenvalue weighted by atomic mass is 10.1. The van der Waals surface area contributed by atoms with Crippen molar-refractivity contribution in [3.05, 3.63) is 35.1 Å². The van der Waals surface area contributed by atoms with Gasteiger partial charge in [-0.2, -0.15) is 4.31 Å². The van der Waals surface area contributed by atoms with Crippen molar-refractivity contribution < 1.29 is 8.42 Å². The van der Waals surface area contributed by atoms with Crippen LogP contribution in [0.3, 0.4) is 0 Å². The Hall–Kier alpha value is -0.910. The molecule has 0 aliphatic carbocycles. The smallest absolute Gasteiger partial charge is 0.246 e. The Kier molecular flexibility index (Phi) is 3.51. The fraction of sp³-hybridized carbons (Fsp3) is 0.364. The summed E-state index contributed by atoms with van der Waals surface area (Å²) >= 11 is 5.90. The van der Waals surface area contributed by atoms with Crippen LogP contribution < -0.4 is 0 Å². The molecule has 0 atom stereocenters. The highest BCUT2D eigenvalue weighted by Crippen LogP contribution is 2.25. The van der Waals surface area contributed by atoms with Gasteiger partial charge in [0.2, 0.25) is 10.0 Å². The second kappa shape index (κ2) is 4.76. The Morgan fingerprint density at radius 2 is 2.24 bits per heavy atom. The van der Waals surface area contributed by atoms with Gasteiger partial charge in [0.1, 0.15) is 4.90 Å². The number of pyridine rings is 1. The van der Waals surface area contributed by atoms with Crippen molar-refractivity contribution in [1.82, 2.24) is 9.29 Å². The summed E-state index contributed by atoms with van der Waals surface area (Å²) in [5.74, 6) is 0. The second-order valence-electron chi connectivity index (χ2n) is 3.97. The van der Waals surface area contributed by atoms with Gasteiger partial charge in [0.25, 0.3) is 0 Å². The normalized spacial score (nSPS) is 17.9. The molecule has 0 aromatic carbocycles. The Labute approximate surface area is 106 Å². The summed E-state index contributed by atoms with van der Waals surface area (Å²) < 4.78 is 26.0. The molecule has 1 aliphatic rings. The van der Waals surface area contributed by atoms with E-state index in [1.165, 1.54) is 28.3 Å². The Bertz CT molecular complexity index is 554. The van der Waals surface area contributed by atoms with E-state index in [1.54, 1.807) is 0 Å². The Morgan fingerprint density at radius 1 is 1.47 bits per heavy atom. The summed E-state index contributed by atoms with van der Waals surface area (Å²) in [5.41, 5.74) is 1.22. The minimum atomic E-state index is -3.52. The Balaban J connectivity index is 2.35. The summed E-state index contributed by atoms with van der Waals surface area (Å²) in [5, 5.41) is 0.214. The first-order chi connectivity index (χ1) is 8.01. The van der Waals surface area contributed by atoms with E-state index in [0.29, 0.717) is 13.1 Å². The van der Waals surface area contributed by atoms with Gasteiger partial charge in [0, 0.05) is 25.5 Å². The monoisotopic (exact) mass is 272 g/mol. The van der Waals surface area contributed by atoms with Crippen molar-refractivity contribution in [3.8, 4) is 0 Å². The number of aromatic nitrogens is 1.